The second-order valence-corrected chi connectivity index (χ2v) is 7.41. The topological polar surface area (TPSA) is 0 Å². The average Bonchev–Trinajstić information content (AvgIpc) is 3.03. The van der Waals surface area contributed by atoms with Crippen LogP contribution in [0.5, 0.6) is 0 Å². The zero-order chi connectivity index (χ0) is 13.3. The van der Waals surface area contributed by atoms with Crippen molar-refractivity contribution in [3.05, 3.63) is 0 Å². The largest absolute Gasteiger partial charge is 0.0654 e. The molecule has 0 heteroatoms. The van der Waals surface area contributed by atoms with E-state index in [4.69, 9.17) is 0 Å². The second-order valence-electron chi connectivity index (χ2n) is 7.41. The smallest absolute Gasteiger partial charge is 0.0383 e. The summed E-state index contributed by atoms with van der Waals surface area (Å²) in [5, 5.41) is 0. The monoisotopic (exact) mass is 264 g/mol. The normalized spacial score (nSPS) is 29.2. The standard InChI is InChI=1S/C19H36/c1-2-3-4-5-6-7-8-9-10-11-12-18-15-17-13-14-19(18)16-17/h17-19H,2-16H2,1H3. The molecule has 0 aromatic carbocycles. The van der Waals surface area contributed by atoms with Crippen molar-refractivity contribution in [3.8, 4) is 0 Å². The highest BCUT2D eigenvalue weighted by molar-refractivity contribution is 4.89. The molecule has 112 valence electrons. The molecule has 0 nitrogen and oxygen atoms in total. The molecule has 2 saturated carbocycles. The minimum absolute atomic E-state index is 1.15. The Hall–Kier alpha value is 0. The average molecular weight is 264 g/mol. The van der Waals surface area contributed by atoms with Crippen molar-refractivity contribution < 1.29 is 0 Å². The first-order valence-electron chi connectivity index (χ1n) is 9.40. The Labute approximate surface area is 121 Å². The van der Waals surface area contributed by atoms with Crippen LogP contribution in [0.15, 0.2) is 0 Å². The van der Waals surface area contributed by atoms with Gasteiger partial charge in [-0.15, -0.1) is 0 Å². The summed E-state index contributed by atoms with van der Waals surface area (Å²) in [4.78, 5) is 0. The summed E-state index contributed by atoms with van der Waals surface area (Å²) in [5.41, 5.74) is 0. The summed E-state index contributed by atoms with van der Waals surface area (Å²) >= 11 is 0. The van der Waals surface area contributed by atoms with Gasteiger partial charge in [-0.05, 0) is 37.0 Å². The molecule has 0 aliphatic heterocycles. The third kappa shape index (κ3) is 5.48. The molecule has 2 aliphatic carbocycles. The molecule has 2 fully saturated rings. The molecule has 3 unspecified atom stereocenters. The van der Waals surface area contributed by atoms with Crippen molar-refractivity contribution >= 4 is 0 Å². The fraction of sp³-hybridized carbons (Fsp3) is 1.00. The van der Waals surface area contributed by atoms with Crippen LogP contribution in [-0.4, -0.2) is 0 Å². The van der Waals surface area contributed by atoms with Crippen molar-refractivity contribution in [1.29, 1.82) is 0 Å². The lowest BCUT2D eigenvalue weighted by Gasteiger charge is -2.21. The van der Waals surface area contributed by atoms with Gasteiger partial charge in [0.2, 0.25) is 0 Å². The van der Waals surface area contributed by atoms with Gasteiger partial charge in [-0.2, -0.15) is 0 Å². The van der Waals surface area contributed by atoms with Gasteiger partial charge >= 0.3 is 0 Å². The van der Waals surface area contributed by atoms with Gasteiger partial charge in [-0.1, -0.05) is 84.0 Å². The Morgan fingerprint density at radius 3 is 1.84 bits per heavy atom. The van der Waals surface area contributed by atoms with Gasteiger partial charge in [0.25, 0.3) is 0 Å². The molecule has 0 N–H and O–H groups in total. The minimum atomic E-state index is 1.15. The van der Waals surface area contributed by atoms with Crippen LogP contribution in [0.2, 0.25) is 0 Å². The first-order chi connectivity index (χ1) is 9.40. The van der Waals surface area contributed by atoms with E-state index in [-0.39, 0.29) is 0 Å². The molecule has 3 atom stereocenters. The van der Waals surface area contributed by atoms with Gasteiger partial charge < -0.3 is 0 Å². The highest BCUT2D eigenvalue weighted by Crippen LogP contribution is 2.49. The summed E-state index contributed by atoms with van der Waals surface area (Å²) < 4.78 is 0. The Kier molecular flexibility index (Phi) is 7.32. The van der Waals surface area contributed by atoms with Crippen LogP contribution >= 0.6 is 0 Å². The highest BCUT2D eigenvalue weighted by atomic mass is 14.4. The molecule has 0 aromatic heterocycles. The van der Waals surface area contributed by atoms with Crippen molar-refractivity contribution in [3.63, 3.8) is 0 Å². The fourth-order valence-corrected chi connectivity index (χ4v) is 4.62. The fourth-order valence-electron chi connectivity index (χ4n) is 4.62. The van der Waals surface area contributed by atoms with Crippen LogP contribution in [-0.2, 0) is 0 Å². The maximum Gasteiger partial charge on any atom is -0.0383 e. The number of hydrogen-bond donors (Lipinski definition) is 0. The summed E-state index contributed by atoms with van der Waals surface area (Å²) in [7, 11) is 0. The predicted octanol–water partition coefficient (Wildman–Crippen LogP) is 6.73. The van der Waals surface area contributed by atoms with Crippen LogP contribution in [0.3, 0.4) is 0 Å². The summed E-state index contributed by atoms with van der Waals surface area (Å²) in [5.74, 6) is 3.45. The quantitative estimate of drug-likeness (QED) is 0.363. The van der Waals surface area contributed by atoms with Crippen molar-refractivity contribution in [1.82, 2.24) is 0 Å². The van der Waals surface area contributed by atoms with E-state index < -0.39 is 0 Å². The molecule has 19 heavy (non-hydrogen) atoms. The van der Waals surface area contributed by atoms with Crippen molar-refractivity contribution in [2.24, 2.45) is 17.8 Å². The number of hydrogen-bond acceptors (Lipinski definition) is 0. The zero-order valence-electron chi connectivity index (χ0n) is 13.3. The minimum Gasteiger partial charge on any atom is -0.0654 e. The summed E-state index contributed by atoms with van der Waals surface area (Å²) in [6.07, 6.45) is 22.7. The third-order valence-electron chi connectivity index (χ3n) is 5.81. The van der Waals surface area contributed by atoms with Crippen LogP contribution in [0.4, 0.5) is 0 Å². The maximum absolute atomic E-state index is 2.30. The lowest BCUT2D eigenvalue weighted by atomic mass is 9.85. The predicted molar refractivity (Wildman–Crippen MR) is 85.4 cm³/mol. The van der Waals surface area contributed by atoms with Gasteiger partial charge in [0.15, 0.2) is 0 Å². The van der Waals surface area contributed by atoms with E-state index in [2.05, 4.69) is 6.92 Å². The summed E-state index contributed by atoms with van der Waals surface area (Å²) in [6.45, 7) is 2.30. The third-order valence-corrected chi connectivity index (χ3v) is 5.81. The zero-order valence-corrected chi connectivity index (χ0v) is 13.3. The Bertz CT molecular complexity index is 220. The molecule has 0 amide bonds. The van der Waals surface area contributed by atoms with Gasteiger partial charge in [-0.25, -0.2) is 0 Å². The van der Waals surface area contributed by atoms with Gasteiger partial charge in [0.05, 0.1) is 0 Å². The molecule has 0 saturated heterocycles. The van der Waals surface area contributed by atoms with Crippen LogP contribution in [0.25, 0.3) is 0 Å². The molecular weight excluding hydrogens is 228 g/mol. The molecule has 2 rings (SSSR count). The Morgan fingerprint density at radius 2 is 1.32 bits per heavy atom. The first-order valence-corrected chi connectivity index (χ1v) is 9.40. The molecule has 2 bridgehead atoms. The Balaban J connectivity index is 1.33. The number of fused-ring (bicyclic) bond motifs is 2. The maximum atomic E-state index is 2.30. The van der Waals surface area contributed by atoms with Crippen molar-refractivity contribution in [2.75, 3.05) is 0 Å². The molecule has 2 aliphatic rings. The molecular formula is C19H36. The molecule has 0 spiro atoms. The van der Waals surface area contributed by atoms with E-state index >= 15 is 0 Å². The highest BCUT2D eigenvalue weighted by Gasteiger charge is 2.38. The first kappa shape index (κ1) is 15.4. The molecule has 0 radical (unpaired) electrons. The number of rotatable bonds is 11. The van der Waals surface area contributed by atoms with Crippen LogP contribution < -0.4 is 0 Å². The lowest BCUT2D eigenvalue weighted by Crippen LogP contribution is -2.09. The van der Waals surface area contributed by atoms with E-state index in [1.807, 2.05) is 0 Å². The van der Waals surface area contributed by atoms with E-state index in [9.17, 15) is 0 Å². The lowest BCUT2D eigenvalue weighted by molar-refractivity contribution is 0.304. The second kappa shape index (κ2) is 9.03. The molecule has 0 aromatic rings. The number of unbranched alkanes of at least 4 members (excludes halogenated alkanes) is 9. The molecule has 0 heterocycles. The van der Waals surface area contributed by atoms with E-state index in [1.165, 1.54) is 64.2 Å². The van der Waals surface area contributed by atoms with E-state index in [0.29, 0.717) is 0 Å². The Morgan fingerprint density at radius 1 is 0.684 bits per heavy atom. The van der Waals surface area contributed by atoms with Crippen LogP contribution in [0, 0.1) is 17.8 Å². The SMILES string of the molecule is CCCCCCCCCCCCC1CC2CCC1C2. The van der Waals surface area contributed by atoms with E-state index in [1.54, 1.807) is 32.1 Å². The van der Waals surface area contributed by atoms with Gasteiger partial charge in [0.1, 0.15) is 0 Å². The van der Waals surface area contributed by atoms with Crippen molar-refractivity contribution in [2.45, 2.75) is 103 Å². The van der Waals surface area contributed by atoms with Gasteiger partial charge in [-0.3, -0.25) is 0 Å². The summed E-state index contributed by atoms with van der Waals surface area (Å²) in [6, 6.07) is 0. The van der Waals surface area contributed by atoms with Crippen LogP contribution in [0.1, 0.15) is 103 Å². The van der Waals surface area contributed by atoms with E-state index in [0.717, 1.165) is 17.8 Å². The van der Waals surface area contributed by atoms with Gasteiger partial charge in [0, 0.05) is 0 Å².